The van der Waals surface area contributed by atoms with Crippen LogP contribution in [0.1, 0.15) is 23.7 Å². The van der Waals surface area contributed by atoms with Gasteiger partial charge in [0.15, 0.2) is 0 Å². The van der Waals surface area contributed by atoms with E-state index >= 15 is 0 Å². The summed E-state index contributed by atoms with van der Waals surface area (Å²) in [7, 11) is 0. The molecule has 1 saturated heterocycles. The molecule has 1 aliphatic rings. The number of carbonyl (C=O) groups excluding carboxylic acids is 1. The SMILES string of the molecule is CC(NC(=O)c1ccnc(N)c1)C1CCOC1. The minimum absolute atomic E-state index is 0.111. The van der Waals surface area contributed by atoms with Gasteiger partial charge in [-0.05, 0) is 25.5 Å². The number of rotatable bonds is 3. The lowest BCUT2D eigenvalue weighted by molar-refractivity contribution is 0.0922. The number of nitrogens with one attached hydrogen (secondary N) is 1. The highest BCUT2D eigenvalue weighted by molar-refractivity contribution is 5.94. The molecule has 2 heterocycles. The summed E-state index contributed by atoms with van der Waals surface area (Å²) in [6.07, 6.45) is 2.54. The molecule has 0 radical (unpaired) electrons. The van der Waals surface area contributed by atoms with Gasteiger partial charge >= 0.3 is 0 Å². The fourth-order valence-corrected chi connectivity index (χ4v) is 1.94. The van der Waals surface area contributed by atoms with Gasteiger partial charge in [0.25, 0.3) is 5.91 Å². The molecule has 5 heteroatoms. The summed E-state index contributed by atoms with van der Waals surface area (Å²) in [4.78, 5) is 15.8. The van der Waals surface area contributed by atoms with Gasteiger partial charge in [-0.15, -0.1) is 0 Å². The van der Waals surface area contributed by atoms with Crippen LogP contribution < -0.4 is 11.1 Å². The first-order chi connectivity index (χ1) is 8.16. The Kier molecular flexibility index (Phi) is 3.58. The van der Waals surface area contributed by atoms with E-state index in [9.17, 15) is 4.79 Å². The Hall–Kier alpha value is -1.62. The molecular weight excluding hydrogens is 218 g/mol. The zero-order valence-corrected chi connectivity index (χ0v) is 9.85. The third kappa shape index (κ3) is 2.94. The molecule has 0 spiro atoms. The molecule has 1 aliphatic heterocycles. The van der Waals surface area contributed by atoms with Gasteiger partial charge in [0, 0.05) is 30.3 Å². The molecule has 2 rings (SSSR count). The van der Waals surface area contributed by atoms with Crippen LogP contribution in [0, 0.1) is 5.92 Å². The maximum atomic E-state index is 11.9. The van der Waals surface area contributed by atoms with Crippen molar-refractivity contribution in [1.82, 2.24) is 10.3 Å². The molecule has 5 nitrogen and oxygen atoms in total. The summed E-state index contributed by atoms with van der Waals surface area (Å²) in [6.45, 7) is 3.51. The fraction of sp³-hybridized carbons (Fsp3) is 0.500. The van der Waals surface area contributed by atoms with E-state index in [4.69, 9.17) is 10.5 Å². The number of anilines is 1. The molecule has 0 saturated carbocycles. The number of aromatic nitrogens is 1. The molecule has 2 unspecified atom stereocenters. The molecule has 17 heavy (non-hydrogen) atoms. The fourth-order valence-electron chi connectivity index (χ4n) is 1.94. The highest BCUT2D eigenvalue weighted by Crippen LogP contribution is 2.16. The molecule has 0 aliphatic carbocycles. The predicted octanol–water partition coefficient (Wildman–Crippen LogP) is 0.819. The van der Waals surface area contributed by atoms with Gasteiger partial charge in [0.1, 0.15) is 5.82 Å². The first-order valence-corrected chi connectivity index (χ1v) is 5.77. The number of pyridine rings is 1. The van der Waals surface area contributed by atoms with Crippen molar-refractivity contribution >= 4 is 11.7 Å². The molecule has 1 amide bonds. The lowest BCUT2D eigenvalue weighted by Gasteiger charge is -2.19. The van der Waals surface area contributed by atoms with Crippen molar-refractivity contribution in [1.29, 1.82) is 0 Å². The van der Waals surface area contributed by atoms with Crippen LogP contribution in [0.5, 0.6) is 0 Å². The second-order valence-corrected chi connectivity index (χ2v) is 4.36. The summed E-state index contributed by atoms with van der Waals surface area (Å²) in [5, 5.41) is 2.96. The van der Waals surface area contributed by atoms with E-state index in [-0.39, 0.29) is 11.9 Å². The summed E-state index contributed by atoms with van der Waals surface area (Å²) < 4.78 is 5.30. The van der Waals surface area contributed by atoms with Crippen LogP contribution in [0.2, 0.25) is 0 Å². The van der Waals surface area contributed by atoms with Crippen molar-refractivity contribution in [3.8, 4) is 0 Å². The van der Waals surface area contributed by atoms with Crippen LogP contribution >= 0.6 is 0 Å². The zero-order chi connectivity index (χ0) is 12.3. The number of carbonyl (C=O) groups is 1. The molecule has 0 aromatic carbocycles. The largest absolute Gasteiger partial charge is 0.384 e. The Labute approximate surface area is 100 Å². The third-order valence-electron chi connectivity index (χ3n) is 3.07. The standard InChI is InChI=1S/C12H17N3O2/c1-8(10-3-5-17-7-10)15-12(16)9-2-4-14-11(13)6-9/h2,4,6,8,10H,3,5,7H2,1H3,(H2,13,14)(H,15,16). The minimum atomic E-state index is -0.112. The van der Waals surface area contributed by atoms with Crippen molar-refractivity contribution in [2.45, 2.75) is 19.4 Å². The smallest absolute Gasteiger partial charge is 0.251 e. The zero-order valence-electron chi connectivity index (χ0n) is 9.85. The highest BCUT2D eigenvalue weighted by atomic mass is 16.5. The summed E-state index contributed by atoms with van der Waals surface area (Å²) in [6, 6.07) is 3.34. The molecular formula is C12H17N3O2. The van der Waals surface area contributed by atoms with Crippen molar-refractivity contribution in [3.63, 3.8) is 0 Å². The predicted molar refractivity (Wildman–Crippen MR) is 64.5 cm³/mol. The normalized spacial score (nSPS) is 21.1. The van der Waals surface area contributed by atoms with Crippen LogP contribution in [-0.4, -0.2) is 30.1 Å². The van der Waals surface area contributed by atoms with Gasteiger partial charge in [-0.1, -0.05) is 0 Å². The highest BCUT2D eigenvalue weighted by Gasteiger charge is 2.23. The van der Waals surface area contributed by atoms with Crippen molar-refractivity contribution in [3.05, 3.63) is 23.9 Å². The molecule has 3 N–H and O–H groups in total. The average molecular weight is 235 g/mol. The quantitative estimate of drug-likeness (QED) is 0.813. The van der Waals surface area contributed by atoms with Crippen LogP contribution in [0.4, 0.5) is 5.82 Å². The summed E-state index contributed by atoms with van der Waals surface area (Å²) in [5.74, 6) is 0.645. The van der Waals surface area contributed by atoms with Gasteiger partial charge in [-0.25, -0.2) is 4.98 Å². The summed E-state index contributed by atoms with van der Waals surface area (Å²) >= 11 is 0. The van der Waals surface area contributed by atoms with Crippen LogP contribution in [0.15, 0.2) is 18.3 Å². The van der Waals surface area contributed by atoms with E-state index in [1.165, 1.54) is 6.20 Å². The number of nitrogens with zero attached hydrogens (tertiary/aromatic N) is 1. The van der Waals surface area contributed by atoms with Crippen LogP contribution in [-0.2, 0) is 4.74 Å². The number of nitrogen functional groups attached to an aromatic ring is 1. The molecule has 1 aromatic heterocycles. The van der Waals surface area contributed by atoms with Crippen molar-refractivity contribution in [2.24, 2.45) is 5.92 Å². The molecule has 1 aromatic rings. The Bertz CT molecular complexity index is 402. The van der Waals surface area contributed by atoms with Gasteiger partial charge in [-0.3, -0.25) is 4.79 Å². The van der Waals surface area contributed by atoms with E-state index in [2.05, 4.69) is 10.3 Å². The van der Waals surface area contributed by atoms with E-state index in [0.717, 1.165) is 19.6 Å². The number of hydrogen-bond acceptors (Lipinski definition) is 4. The van der Waals surface area contributed by atoms with Gasteiger partial charge in [0.05, 0.1) is 6.61 Å². The topological polar surface area (TPSA) is 77.2 Å². The first kappa shape index (κ1) is 11.9. The van der Waals surface area contributed by atoms with E-state index in [0.29, 0.717) is 17.3 Å². The Balaban J connectivity index is 1.96. The summed E-state index contributed by atoms with van der Waals surface area (Å²) in [5.41, 5.74) is 6.08. The average Bonchev–Trinajstić information content (AvgIpc) is 2.82. The third-order valence-corrected chi connectivity index (χ3v) is 3.07. The second kappa shape index (κ2) is 5.14. The number of nitrogens with two attached hydrogens (primary N) is 1. The maximum Gasteiger partial charge on any atom is 0.251 e. The minimum Gasteiger partial charge on any atom is -0.384 e. The van der Waals surface area contributed by atoms with Gasteiger partial charge in [-0.2, -0.15) is 0 Å². The molecule has 1 fully saturated rings. The first-order valence-electron chi connectivity index (χ1n) is 5.77. The van der Waals surface area contributed by atoms with E-state index in [1.807, 2.05) is 6.92 Å². The Morgan fingerprint density at radius 2 is 2.53 bits per heavy atom. The van der Waals surface area contributed by atoms with E-state index < -0.39 is 0 Å². The van der Waals surface area contributed by atoms with Crippen LogP contribution in [0.3, 0.4) is 0 Å². The van der Waals surface area contributed by atoms with Crippen LogP contribution in [0.25, 0.3) is 0 Å². The number of amides is 1. The maximum absolute atomic E-state index is 11.9. The molecule has 2 atom stereocenters. The second-order valence-electron chi connectivity index (χ2n) is 4.36. The monoisotopic (exact) mass is 235 g/mol. The molecule has 92 valence electrons. The van der Waals surface area contributed by atoms with E-state index in [1.54, 1.807) is 12.1 Å². The van der Waals surface area contributed by atoms with Gasteiger partial charge < -0.3 is 15.8 Å². The molecule has 0 bridgehead atoms. The Morgan fingerprint density at radius 3 is 3.18 bits per heavy atom. The number of ether oxygens (including phenoxy) is 1. The van der Waals surface area contributed by atoms with Crippen molar-refractivity contribution in [2.75, 3.05) is 18.9 Å². The lowest BCUT2D eigenvalue weighted by Crippen LogP contribution is -2.38. The van der Waals surface area contributed by atoms with Crippen molar-refractivity contribution < 1.29 is 9.53 Å². The number of hydrogen-bond donors (Lipinski definition) is 2. The van der Waals surface area contributed by atoms with Gasteiger partial charge in [0.2, 0.25) is 0 Å². The Morgan fingerprint density at radius 1 is 1.71 bits per heavy atom. The lowest BCUT2D eigenvalue weighted by atomic mass is 10.0.